The molecule has 8 nitrogen and oxygen atoms in total. The lowest BCUT2D eigenvalue weighted by atomic mass is 9.67. The van der Waals surface area contributed by atoms with Crippen molar-refractivity contribution in [3.8, 4) is 84.4 Å². The van der Waals surface area contributed by atoms with Crippen molar-refractivity contribution in [2.24, 2.45) is 0 Å². The van der Waals surface area contributed by atoms with Crippen LogP contribution in [-0.2, 0) is 28.4 Å². The number of ether oxygens (including phenoxy) is 4. The van der Waals surface area contributed by atoms with Crippen molar-refractivity contribution >= 4 is 7.82 Å². The van der Waals surface area contributed by atoms with Crippen LogP contribution in [0.15, 0.2) is 164 Å². The first-order valence-corrected chi connectivity index (χ1v) is 25.0. The molecule has 11 rings (SSSR count). The minimum Gasteiger partial charge on any atom is -0.497 e. The van der Waals surface area contributed by atoms with E-state index in [1.54, 1.807) is 28.4 Å². The molecular formula is C60H53O8P. The van der Waals surface area contributed by atoms with E-state index >= 15 is 0 Å². The smallest absolute Gasteiger partial charge is 0.497 e. The fourth-order valence-electron chi connectivity index (χ4n) is 10.8. The summed E-state index contributed by atoms with van der Waals surface area (Å²) in [6, 6.07) is 56.2. The number of phosphoric ester groups is 1. The van der Waals surface area contributed by atoms with Crippen molar-refractivity contribution < 1.29 is 37.5 Å². The van der Waals surface area contributed by atoms with Gasteiger partial charge >= 0.3 is 7.82 Å². The molecule has 0 saturated carbocycles. The molecular weight excluding hydrogens is 880 g/mol. The molecule has 2 unspecified atom stereocenters. The third-order valence-electron chi connectivity index (χ3n) is 14.3. The first-order chi connectivity index (χ1) is 33.7. The molecule has 9 heteroatoms. The average Bonchev–Trinajstić information content (AvgIpc) is 3.53. The fraction of sp³-hybridized carbons (Fsp3) is 0.200. The summed E-state index contributed by atoms with van der Waals surface area (Å²) in [5, 5.41) is 0. The number of benzene rings is 8. The summed E-state index contributed by atoms with van der Waals surface area (Å²) in [7, 11) is 1.90. The third kappa shape index (κ3) is 8.59. The van der Waals surface area contributed by atoms with Crippen molar-refractivity contribution in [3.05, 3.63) is 197 Å². The number of fused-ring (bicyclic) bond motifs is 7. The molecule has 1 heterocycles. The lowest BCUT2D eigenvalue weighted by Gasteiger charge is -2.40. The molecule has 4 atom stereocenters. The van der Waals surface area contributed by atoms with Gasteiger partial charge in [-0.3, -0.25) is 9.42 Å². The van der Waals surface area contributed by atoms with Crippen molar-refractivity contribution in [2.45, 2.75) is 50.0 Å². The largest absolute Gasteiger partial charge is 0.527 e. The van der Waals surface area contributed by atoms with E-state index in [-0.39, 0.29) is 5.92 Å². The van der Waals surface area contributed by atoms with Gasteiger partial charge in [0.2, 0.25) is 0 Å². The highest BCUT2D eigenvalue weighted by Gasteiger charge is 2.49. The van der Waals surface area contributed by atoms with E-state index in [4.69, 9.17) is 28.0 Å². The first-order valence-electron chi connectivity index (χ1n) is 23.5. The molecule has 0 amide bonds. The monoisotopic (exact) mass is 932 g/mol. The molecule has 8 aromatic rings. The number of phosphoric acid groups is 1. The van der Waals surface area contributed by atoms with E-state index in [0.717, 1.165) is 121 Å². The standard InChI is InChI=1S/C60H53O8P/c1-63-49-21-13-37(14-22-49)43-29-44(38-15-23-50(64-2)24-16-38)32-47(31-43)55-35-41-9-5-7-11-53(41)57-58-54-12-8-6-10-42(54)36-56(60(58)68-69(61,62)67-59(55)57)48-33-45(39-17-25-51(65-3)26-18-39)30-46(34-48)40-19-27-52(66-4)28-20-40/h5,7,9,11,13-34,36,55,57,59H,6,8,10,12,35H2,1-4H3,(H,61,62)/t55?,57-,59-/m1/s1. The van der Waals surface area contributed by atoms with Crippen molar-refractivity contribution in [3.63, 3.8) is 0 Å². The van der Waals surface area contributed by atoms with Crippen molar-refractivity contribution in [1.29, 1.82) is 0 Å². The molecule has 0 aromatic heterocycles. The Bertz CT molecular complexity index is 3100. The summed E-state index contributed by atoms with van der Waals surface area (Å²) in [4.78, 5) is 12.2. The summed E-state index contributed by atoms with van der Waals surface area (Å²) in [6.07, 6.45) is 3.59. The summed E-state index contributed by atoms with van der Waals surface area (Å²) >= 11 is 0. The fourth-order valence-corrected chi connectivity index (χ4v) is 11.9. The van der Waals surface area contributed by atoms with E-state index in [0.29, 0.717) is 12.2 Å². The molecule has 1 N–H and O–H groups in total. The molecule has 0 spiro atoms. The van der Waals surface area contributed by atoms with Gasteiger partial charge in [-0.2, -0.15) is 0 Å². The van der Waals surface area contributed by atoms with Crippen LogP contribution in [0, 0.1) is 0 Å². The van der Waals surface area contributed by atoms with Gasteiger partial charge in [-0.25, -0.2) is 4.57 Å². The Balaban J connectivity index is 1.13. The predicted octanol–water partition coefficient (Wildman–Crippen LogP) is 14.3. The molecule has 2 aliphatic carbocycles. The minimum absolute atomic E-state index is 0.335. The number of hydrogen-bond donors (Lipinski definition) is 1. The van der Waals surface area contributed by atoms with Crippen LogP contribution < -0.4 is 23.5 Å². The van der Waals surface area contributed by atoms with Crippen LogP contribution in [0.2, 0.25) is 0 Å². The Hall–Kier alpha value is -7.09. The lowest BCUT2D eigenvalue weighted by molar-refractivity contribution is 0.107. The Kier molecular flexibility index (Phi) is 11.9. The highest BCUT2D eigenvalue weighted by atomic mass is 31.2. The van der Waals surface area contributed by atoms with Crippen molar-refractivity contribution in [1.82, 2.24) is 0 Å². The average molecular weight is 933 g/mol. The molecule has 0 bridgehead atoms. The van der Waals surface area contributed by atoms with E-state index in [9.17, 15) is 9.46 Å². The van der Waals surface area contributed by atoms with Crippen LogP contribution >= 0.6 is 7.82 Å². The normalized spacial score (nSPS) is 19.1. The summed E-state index contributed by atoms with van der Waals surface area (Å²) in [6.45, 7) is 0. The molecule has 0 fully saturated rings. The Labute approximate surface area is 403 Å². The van der Waals surface area contributed by atoms with Gasteiger partial charge in [0.25, 0.3) is 0 Å². The van der Waals surface area contributed by atoms with E-state index < -0.39 is 19.8 Å². The Morgan fingerprint density at radius 1 is 0.507 bits per heavy atom. The maximum Gasteiger partial charge on any atom is 0.527 e. The van der Waals surface area contributed by atoms with E-state index in [1.165, 1.54) is 16.7 Å². The Morgan fingerprint density at radius 3 is 1.45 bits per heavy atom. The molecule has 0 saturated heterocycles. The van der Waals surface area contributed by atoms with Crippen LogP contribution in [0.5, 0.6) is 28.7 Å². The molecule has 1 aliphatic heterocycles. The summed E-state index contributed by atoms with van der Waals surface area (Å²) in [5.74, 6) is 2.72. The summed E-state index contributed by atoms with van der Waals surface area (Å²) < 4.78 is 50.4. The van der Waals surface area contributed by atoms with Gasteiger partial charge in [0.05, 0.1) is 34.5 Å². The third-order valence-corrected chi connectivity index (χ3v) is 15.2. The van der Waals surface area contributed by atoms with Crippen LogP contribution in [0.25, 0.3) is 55.6 Å². The SMILES string of the molecule is COc1ccc(-c2cc(-c3ccc(OC)cc3)cc(-c3cc4c(c5c3OP(=O)(O)O[C@@H]3C(c6cc(-c7ccc(OC)cc7)cc(-c7ccc(OC)cc7)c6)Cc6ccccc6[C@H]53)CCCC4)c2)cc1. The van der Waals surface area contributed by atoms with Gasteiger partial charge in [-0.1, -0.05) is 84.9 Å². The first kappa shape index (κ1) is 44.4. The maximum absolute atomic E-state index is 15.0. The van der Waals surface area contributed by atoms with E-state index in [2.05, 4.69) is 115 Å². The van der Waals surface area contributed by atoms with Crippen LogP contribution in [0.3, 0.4) is 0 Å². The molecule has 69 heavy (non-hydrogen) atoms. The second kappa shape index (κ2) is 18.4. The number of methoxy groups -OCH3 is 4. The molecule has 0 radical (unpaired) electrons. The number of rotatable bonds is 10. The van der Waals surface area contributed by atoms with Crippen LogP contribution in [0.4, 0.5) is 0 Å². The van der Waals surface area contributed by atoms with Crippen LogP contribution in [0.1, 0.15) is 58.1 Å². The van der Waals surface area contributed by atoms with Gasteiger partial charge in [0.1, 0.15) is 28.7 Å². The Morgan fingerprint density at radius 2 is 0.957 bits per heavy atom. The van der Waals surface area contributed by atoms with Gasteiger partial charge in [0.15, 0.2) is 0 Å². The zero-order valence-corrected chi connectivity index (χ0v) is 40.0. The highest BCUT2D eigenvalue weighted by Crippen LogP contribution is 2.62. The zero-order chi connectivity index (χ0) is 47.2. The lowest BCUT2D eigenvalue weighted by Crippen LogP contribution is -2.35. The maximum atomic E-state index is 15.0. The molecule has 3 aliphatic rings. The zero-order valence-electron chi connectivity index (χ0n) is 39.1. The molecule has 346 valence electrons. The quantitative estimate of drug-likeness (QED) is 0.136. The second-order valence-electron chi connectivity index (χ2n) is 18.2. The predicted molar refractivity (Wildman–Crippen MR) is 273 cm³/mol. The number of aryl methyl sites for hydroxylation is 1. The second-order valence-corrected chi connectivity index (χ2v) is 19.5. The van der Waals surface area contributed by atoms with Gasteiger partial charge in [-0.05, 0) is 189 Å². The summed E-state index contributed by atoms with van der Waals surface area (Å²) in [5.41, 5.74) is 16.3. The minimum atomic E-state index is -4.78. The van der Waals surface area contributed by atoms with E-state index in [1.807, 2.05) is 48.5 Å². The highest BCUT2D eigenvalue weighted by molar-refractivity contribution is 7.47. The van der Waals surface area contributed by atoms with Gasteiger partial charge in [0, 0.05) is 23.0 Å². The topological polar surface area (TPSA) is 92.7 Å². The van der Waals surface area contributed by atoms with Gasteiger partial charge < -0.3 is 23.5 Å². The van der Waals surface area contributed by atoms with Crippen LogP contribution in [-0.4, -0.2) is 39.4 Å². The van der Waals surface area contributed by atoms with Crippen molar-refractivity contribution in [2.75, 3.05) is 28.4 Å². The van der Waals surface area contributed by atoms with Gasteiger partial charge in [-0.15, -0.1) is 0 Å². The number of hydrogen-bond acceptors (Lipinski definition) is 7. The molecule has 8 aromatic carbocycles.